The smallest absolute Gasteiger partial charge is 0.319 e. The van der Waals surface area contributed by atoms with Gasteiger partial charge < -0.3 is 15.4 Å². The van der Waals surface area contributed by atoms with E-state index in [-0.39, 0.29) is 6.03 Å². The first-order valence-electron chi connectivity index (χ1n) is 8.47. The van der Waals surface area contributed by atoms with E-state index in [4.69, 9.17) is 4.74 Å². The average Bonchev–Trinajstić information content (AvgIpc) is 2.99. The maximum absolute atomic E-state index is 12.1. The summed E-state index contributed by atoms with van der Waals surface area (Å²) >= 11 is 0. The molecule has 0 radical (unpaired) electrons. The van der Waals surface area contributed by atoms with Gasteiger partial charge in [0.1, 0.15) is 0 Å². The molecule has 0 unspecified atom stereocenters. The van der Waals surface area contributed by atoms with Crippen molar-refractivity contribution in [1.82, 2.24) is 20.0 Å². The minimum absolute atomic E-state index is 0.178. The molecule has 2 N–H and O–H groups in total. The number of rotatable bonds is 7. The van der Waals surface area contributed by atoms with Crippen LogP contribution in [0.2, 0.25) is 0 Å². The van der Waals surface area contributed by atoms with Crippen LogP contribution in [0.5, 0.6) is 0 Å². The van der Waals surface area contributed by atoms with Crippen molar-refractivity contribution < 1.29 is 9.53 Å². The fraction of sp³-hybridized carbons (Fsp3) is 0.750. The van der Waals surface area contributed by atoms with Gasteiger partial charge in [0.2, 0.25) is 0 Å². The number of hydrogen-bond donors (Lipinski definition) is 2. The molecule has 130 valence electrons. The summed E-state index contributed by atoms with van der Waals surface area (Å²) < 4.78 is 7.20. The molecular weight excluding hydrogens is 294 g/mol. The van der Waals surface area contributed by atoms with Crippen molar-refractivity contribution in [2.45, 2.75) is 39.8 Å². The van der Waals surface area contributed by atoms with Gasteiger partial charge in [0.25, 0.3) is 0 Å². The highest BCUT2D eigenvalue weighted by atomic mass is 16.5. The van der Waals surface area contributed by atoms with Gasteiger partial charge in [0.05, 0.1) is 25.1 Å². The molecular formula is C16H29N5O2. The van der Waals surface area contributed by atoms with Crippen molar-refractivity contribution in [2.75, 3.05) is 38.2 Å². The maximum atomic E-state index is 12.1. The molecule has 1 fully saturated rings. The number of hydrogen-bond acceptors (Lipinski definition) is 4. The lowest BCUT2D eigenvalue weighted by molar-refractivity contribution is 0.0130. The second kappa shape index (κ2) is 8.88. The Balaban J connectivity index is 1.82. The van der Waals surface area contributed by atoms with Gasteiger partial charge >= 0.3 is 6.03 Å². The first-order valence-corrected chi connectivity index (χ1v) is 8.47. The van der Waals surface area contributed by atoms with Crippen LogP contribution < -0.4 is 10.6 Å². The molecule has 0 saturated carbocycles. The van der Waals surface area contributed by atoms with Gasteiger partial charge in [0.15, 0.2) is 0 Å². The molecule has 1 aliphatic heterocycles. The molecule has 2 rings (SSSR count). The average molecular weight is 323 g/mol. The van der Waals surface area contributed by atoms with E-state index in [9.17, 15) is 4.79 Å². The lowest BCUT2D eigenvalue weighted by Crippen LogP contribution is -2.49. The predicted molar refractivity (Wildman–Crippen MR) is 90.6 cm³/mol. The van der Waals surface area contributed by atoms with Crippen molar-refractivity contribution in [2.24, 2.45) is 5.92 Å². The fourth-order valence-corrected chi connectivity index (χ4v) is 2.84. The van der Waals surface area contributed by atoms with Crippen LogP contribution in [-0.2, 0) is 11.3 Å². The monoisotopic (exact) mass is 323 g/mol. The number of nitrogens with one attached hydrogen (secondary N) is 2. The van der Waals surface area contributed by atoms with Gasteiger partial charge in [0, 0.05) is 38.4 Å². The summed E-state index contributed by atoms with van der Waals surface area (Å²) in [6.45, 7) is 11.3. The van der Waals surface area contributed by atoms with Crippen LogP contribution in [0.3, 0.4) is 0 Å². The van der Waals surface area contributed by atoms with E-state index in [0.717, 1.165) is 45.0 Å². The fourth-order valence-electron chi connectivity index (χ4n) is 2.84. The van der Waals surface area contributed by atoms with Crippen LogP contribution in [0.15, 0.2) is 12.4 Å². The lowest BCUT2D eigenvalue weighted by Gasteiger charge is -2.35. The molecule has 1 atom stereocenters. The van der Waals surface area contributed by atoms with E-state index in [0.29, 0.717) is 18.5 Å². The zero-order valence-electron chi connectivity index (χ0n) is 14.4. The van der Waals surface area contributed by atoms with Crippen molar-refractivity contribution in [3.05, 3.63) is 12.4 Å². The standard InChI is InChI=1S/C16H29N5O2/c1-4-21-12-14(10-18-21)19-16(22)17-11-15(9-13(2)3)20-5-7-23-8-6-20/h10,12-13,15H,4-9,11H2,1-3H3,(H2,17,19,22)/t15-/m0/s1. The third-order valence-electron chi connectivity index (χ3n) is 4.02. The van der Waals surface area contributed by atoms with E-state index in [1.165, 1.54) is 0 Å². The molecule has 0 aromatic carbocycles. The molecule has 0 aliphatic carbocycles. The number of aromatic nitrogens is 2. The van der Waals surface area contributed by atoms with Crippen molar-refractivity contribution >= 4 is 11.7 Å². The molecule has 0 spiro atoms. The quantitative estimate of drug-likeness (QED) is 0.802. The number of ether oxygens (including phenoxy) is 1. The Morgan fingerprint density at radius 3 is 2.74 bits per heavy atom. The zero-order valence-corrected chi connectivity index (χ0v) is 14.4. The van der Waals surface area contributed by atoms with E-state index < -0.39 is 0 Å². The Hall–Kier alpha value is -1.60. The third-order valence-corrected chi connectivity index (χ3v) is 4.02. The number of carbonyl (C=O) groups is 1. The van der Waals surface area contributed by atoms with Gasteiger partial charge in [-0.1, -0.05) is 13.8 Å². The minimum atomic E-state index is -0.178. The zero-order chi connectivity index (χ0) is 16.7. The summed E-state index contributed by atoms with van der Waals surface area (Å²) in [4.78, 5) is 14.5. The maximum Gasteiger partial charge on any atom is 0.319 e. The number of morpholine rings is 1. The van der Waals surface area contributed by atoms with E-state index >= 15 is 0 Å². The predicted octanol–water partition coefficient (Wildman–Crippen LogP) is 1.77. The Bertz CT molecular complexity index is 483. The van der Waals surface area contributed by atoms with Crippen molar-refractivity contribution in [3.63, 3.8) is 0 Å². The van der Waals surface area contributed by atoms with Gasteiger partial charge in [-0.15, -0.1) is 0 Å². The molecule has 7 nitrogen and oxygen atoms in total. The molecule has 2 heterocycles. The first kappa shape index (κ1) is 17.7. The largest absolute Gasteiger partial charge is 0.379 e. The number of anilines is 1. The minimum Gasteiger partial charge on any atom is -0.379 e. The van der Waals surface area contributed by atoms with Crippen LogP contribution >= 0.6 is 0 Å². The normalized spacial score (nSPS) is 17.2. The second-order valence-corrected chi connectivity index (χ2v) is 6.35. The molecule has 1 saturated heterocycles. The Morgan fingerprint density at radius 2 is 2.13 bits per heavy atom. The summed E-state index contributed by atoms with van der Waals surface area (Å²) in [6, 6.07) is 0.172. The third kappa shape index (κ3) is 5.84. The Kier molecular flexibility index (Phi) is 6.85. The van der Waals surface area contributed by atoms with E-state index in [1.54, 1.807) is 10.9 Å². The Morgan fingerprint density at radius 1 is 1.39 bits per heavy atom. The van der Waals surface area contributed by atoms with Crippen LogP contribution in [0.4, 0.5) is 10.5 Å². The number of nitrogens with zero attached hydrogens (tertiary/aromatic N) is 3. The summed E-state index contributed by atoms with van der Waals surface area (Å²) in [5.41, 5.74) is 0.719. The highest BCUT2D eigenvalue weighted by Gasteiger charge is 2.22. The van der Waals surface area contributed by atoms with Crippen molar-refractivity contribution in [1.29, 1.82) is 0 Å². The van der Waals surface area contributed by atoms with Gasteiger partial charge in [-0.3, -0.25) is 9.58 Å². The topological polar surface area (TPSA) is 71.4 Å². The molecule has 1 aromatic rings. The summed E-state index contributed by atoms with van der Waals surface area (Å²) in [5.74, 6) is 0.593. The molecule has 7 heteroatoms. The molecule has 0 bridgehead atoms. The van der Waals surface area contributed by atoms with E-state index in [2.05, 4.69) is 34.5 Å². The second-order valence-electron chi connectivity index (χ2n) is 6.35. The van der Waals surface area contributed by atoms with Crippen LogP contribution in [0.25, 0.3) is 0 Å². The van der Waals surface area contributed by atoms with Crippen LogP contribution in [0.1, 0.15) is 27.2 Å². The lowest BCUT2D eigenvalue weighted by atomic mass is 10.0. The molecule has 23 heavy (non-hydrogen) atoms. The molecule has 1 aliphatic rings. The first-order chi connectivity index (χ1) is 11.1. The highest BCUT2D eigenvalue weighted by molar-refractivity contribution is 5.88. The highest BCUT2D eigenvalue weighted by Crippen LogP contribution is 2.13. The molecule has 1 aromatic heterocycles. The molecule has 2 amide bonds. The van der Waals surface area contributed by atoms with Gasteiger partial charge in [-0.25, -0.2) is 4.79 Å². The number of carbonyl (C=O) groups excluding carboxylic acids is 1. The number of urea groups is 1. The Labute approximate surface area is 138 Å². The van der Waals surface area contributed by atoms with Crippen LogP contribution in [0, 0.1) is 5.92 Å². The summed E-state index contributed by atoms with van der Waals surface area (Å²) in [5, 5.41) is 9.97. The van der Waals surface area contributed by atoms with E-state index in [1.807, 2.05) is 13.1 Å². The van der Waals surface area contributed by atoms with Gasteiger partial charge in [-0.05, 0) is 19.3 Å². The number of aryl methyl sites for hydroxylation is 1. The summed E-state index contributed by atoms with van der Waals surface area (Å²) in [7, 11) is 0. The van der Waals surface area contributed by atoms with Gasteiger partial charge in [-0.2, -0.15) is 5.10 Å². The summed E-state index contributed by atoms with van der Waals surface area (Å²) in [6.07, 6.45) is 4.55. The number of amides is 2. The SMILES string of the molecule is CCn1cc(NC(=O)NC[C@H](CC(C)C)N2CCOCC2)cn1. The van der Waals surface area contributed by atoms with Crippen molar-refractivity contribution in [3.8, 4) is 0 Å². The van der Waals surface area contributed by atoms with Crippen LogP contribution in [-0.4, -0.2) is 59.6 Å².